The van der Waals surface area contributed by atoms with Crippen molar-refractivity contribution in [2.24, 2.45) is 11.1 Å². The van der Waals surface area contributed by atoms with Crippen LogP contribution in [0.2, 0.25) is 0 Å². The van der Waals surface area contributed by atoms with Gasteiger partial charge in [0.15, 0.2) is 0 Å². The van der Waals surface area contributed by atoms with Gasteiger partial charge in [-0.25, -0.2) is 0 Å². The van der Waals surface area contributed by atoms with E-state index in [4.69, 9.17) is 5.73 Å². The van der Waals surface area contributed by atoms with Crippen LogP contribution in [0.3, 0.4) is 0 Å². The minimum absolute atomic E-state index is 0. The van der Waals surface area contributed by atoms with Gasteiger partial charge in [-0.05, 0) is 18.3 Å². The molecule has 2 N–H and O–H groups in total. The minimum Gasteiger partial charge on any atom is -0.328 e. The van der Waals surface area contributed by atoms with Crippen LogP contribution >= 0.6 is 13.5 Å². The van der Waals surface area contributed by atoms with E-state index in [1.165, 1.54) is 0 Å². The summed E-state index contributed by atoms with van der Waals surface area (Å²) in [6.45, 7) is 8.81. The lowest BCUT2D eigenvalue weighted by molar-refractivity contribution is 0.335. The van der Waals surface area contributed by atoms with Crippen molar-refractivity contribution >= 4 is 13.5 Å². The average Bonchev–Trinajstić information content (AvgIpc) is 1.62. The van der Waals surface area contributed by atoms with E-state index < -0.39 is 0 Å². The van der Waals surface area contributed by atoms with Crippen molar-refractivity contribution in [3.63, 3.8) is 0 Å². The molecule has 0 unspecified atom stereocenters. The fourth-order valence-electron chi connectivity index (χ4n) is 0.931. The first kappa shape index (κ1) is 12.9. The van der Waals surface area contributed by atoms with Crippen molar-refractivity contribution in [2.45, 2.75) is 46.6 Å². The molecule has 1 atom stereocenters. The van der Waals surface area contributed by atoms with Gasteiger partial charge in [-0.3, -0.25) is 0 Å². The summed E-state index contributed by atoms with van der Waals surface area (Å²) >= 11 is 0. The summed E-state index contributed by atoms with van der Waals surface area (Å²) in [5, 5.41) is 0. The molecule has 0 heterocycles. The van der Waals surface area contributed by atoms with Crippen molar-refractivity contribution in [1.82, 2.24) is 0 Å². The van der Waals surface area contributed by atoms with Crippen molar-refractivity contribution in [3.8, 4) is 0 Å². The van der Waals surface area contributed by atoms with Crippen LogP contribution in [0.25, 0.3) is 0 Å². The van der Waals surface area contributed by atoms with Crippen LogP contribution in [0.15, 0.2) is 0 Å². The van der Waals surface area contributed by atoms with Crippen molar-refractivity contribution in [3.05, 3.63) is 0 Å². The second-order valence-electron chi connectivity index (χ2n) is 3.93. The zero-order valence-corrected chi connectivity index (χ0v) is 8.57. The summed E-state index contributed by atoms with van der Waals surface area (Å²) in [5.41, 5.74) is 6.16. The SMILES string of the molecule is CC[C@H](N)CC(C)(C)C.S. The van der Waals surface area contributed by atoms with Gasteiger partial charge in [-0.15, -0.1) is 0 Å². The highest BCUT2D eigenvalue weighted by atomic mass is 32.1. The van der Waals surface area contributed by atoms with E-state index >= 15 is 0 Å². The minimum atomic E-state index is 0. The van der Waals surface area contributed by atoms with Crippen LogP contribution in [-0.2, 0) is 0 Å². The highest BCUT2D eigenvalue weighted by Crippen LogP contribution is 2.20. The predicted molar refractivity (Wildman–Crippen MR) is 52.7 cm³/mol. The molecule has 0 saturated heterocycles. The van der Waals surface area contributed by atoms with Crippen molar-refractivity contribution < 1.29 is 0 Å². The van der Waals surface area contributed by atoms with E-state index in [9.17, 15) is 0 Å². The topological polar surface area (TPSA) is 26.0 Å². The standard InChI is InChI=1S/C8H19N.H2S/c1-5-7(9)6-8(2,3)4;/h7H,5-6,9H2,1-4H3;1H2/t7-;/m0./s1. The smallest absolute Gasteiger partial charge is 0.00411 e. The normalized spacial score (nSPS) is 14.1. The maximum atomic E-state index is 5.76. The molecule has 0 radical (unpaired) electrons. The summed E-state index contributed by atoms with van der Waals surface area (Å²) in [6, 6.07) is 0.394. The molecule has 64 valence electrons. The Hall–Kier alpha value is 0.310. The Morgan fingerprint density at radius 2 is 1.70 bits per heavy atom. The van der Waals surface area contributed by atoms with Gasteiger partial charge in [-0.2, -0.15) is 13.5 Å². The van der Waals surface area contributed by atoms with Gasteiger partial charge >= 0.3 is 0 Å². The Labute approximate surface area is 71.8 Å². The van der Waals surface area contributed by atoms with Gasteiger partial charge in [-0.1, -0.05) is 27.7 Å². The number of nitrogens with two attached hydrogens (primary N) is 1. The fraction of sp³-hybridized carbons (Fsp3) is 1.00. The van der Waals surface area contributed by atoms with Crippen LogP contribution < -0.4 is 5.73 Å². The molecule has 0 aromatic heterocycles. The third kappa shape index (κ3) is 8.31. The summed E-state index contributed by atoms with van der Waals surface area (Å²) in [6.07, 6.45) is 2.22. The molecule has 0 saturated carbocycles. The van der Waals surface area contributed by atoms with Gasteiger partial charge in [0, 0.05) is 6.04 Å². The molecule has 0 aromatic carbocycles. The molecule has 0 fully saturated rings. The molecule has 2 heteroatoms. The lowest BCUT2D eigenvalue weighted by Gasteiger charge is -2.21. The van der Waals surface area contributed by atoms with Crippen LogP contribution in [-0.4, -0.2) is 6.04 Å². The highest BCUT2D eigenvalue weighted by Gasteiger charge is 2.13. The number of hydrogen-bond donors (Lipinski definition) is 1. The van der Waals surface area contributed by atoms with E-state index in [1.807, 2.05) is 0 Å². The van der Waals surface area contributed by atoms with Crippen molar-refractivity contribution in [1.29, 1.82) is 0 Å². The van der Waals surface area contributed by atoms with Gasteiger partial charge in [0.2, 0.25) is 0 Å². The first-order valence-corrected chi connectivity index (χ1v) is 3.71. The lowest BCUT2D eigenvalue weighted by atomic mass is 9.88. The van der Waals surface area contributed by atoms with E-state index in [0.29, 0.717) is 11.5 Å². The number of rotatable bonds is 2. The summed E-state index contributed by atoms with van der Waals surface area (Å²) < 4.78 is 0. The molecular weight excluding hydrogens is 142 g/mol. The number of hydrogen-bond acceptors (Lipinski definition) is 1. The van der Waals surface area contributed by atoms with Crippen molar-refractivity contribution in [2.75, 3.05) is 0 Å². The Balaban J connectivity index is 0. The fourth-order valence-corrected chi connectivity index (χ4v) is 0.931. The summed E-state index contributed by atoms with van der Waals surface area (Å²) in [4.78, 5) is 0. The monoisotopic (exact) mass is 163 g/mol. The van der Waals surface area contributed by atoms with E-state index in [-0.39, 0.29) is 13.5 Å². The van der Waals surface area contributed by atoms with Gasteiger partial charge in [0.1, 0.15) is 0 Å². The zero-order chi connectivity index (χ0) is 7.49. The molecule has 0 spiro atoms. The van der Waals surface area contributed by atoms with Crippen LogP contribution in [0.1, 0.15) is 40.5 Å². The van der Waals surface area contributed by atoms with Gasteiger partial charge in [0.25, 0.3) is 0 Å². The molecule has 0 rings (SSSR count). The quantitative estimate of drug-likeness (QED) is 0.664. The largest absolute Gasteiger partial charge is 0.328 e. The molecular formula is C8H21NS. The molecule has 10 heavy (non-hydrogen) atoms. The molecule has 0 aromatic rings. The molecule has 0 aliphatic rings. The molecule has 1 nitrogen and oxygen atoms in total. The van der Waals surface area contributed by atoms with Crippen LogP contribution in [0, 0.1) is 5.41 Å². The Bertz CT molecular complexity index is 75.8. The van der Waals surface area contributed by atoms with E-state index in [0.717, 1.165) is 12.8 Å². The average molecular weight is 163 g/mol. The molecule has 0 amide bonds. The molecule has 0 bridgehead atoms. The molecule has 0 aliphatic heterocycles. The van der Waals surface area contributed by atoms with E-state index in [1.54, 1.807) is 0 Å². The van der Waals surface area contributed by atoms with E-state index in [2.05, 4.69) is 27.7 Å². The first-order chi connectivity index (χ1) is 3.95. The zero-order valence-electron chi connectivity index (χ0n) is 7.57. The predicted octanol–water partition coefficient (Wildman–Crippen LogP) is 2.27. The van der Waals surface area contributed by atoms with Crippen LogP contribution in [0.4, 0.5) is 0 Å². The second kappa shape index (κ2) is 5.03. The first-order valence-electron chi connectivity index (χ1n) is 3.71. The third-order valence-electron chi connectivity index (χ3n) is 1.40. The highest BCUT2D eigenvalue weighted by molar-refractivity contribution is 7.59. The summed E-state index contributed by atoms with van der Waals surface area (Å²) in [5.74, 6) is 0. The van der Waals surface area contributed by atoms with Crippen LogP contribution in [0.5, 0.6) is 0 Å². The maximum Gasteiger partial charge on any atom is 0.00411 e. The summed E-state index contributed by atoms with van der Waals surface area (Å²) in [7, 11) is 0. The molecule has 0 aliphatic carbocycles. The lowest BCUT2D eigenvalue weighted by Crippen LogP contribution is -2.25. The second-order valence-corrected chi connectivity index (χ2v) is 3.93. The Morgan fingerprint density at radius 3 is 1.80 bits per heavy atom. The third-order valence-corrected chi connectivity index (χ3v) is 1.40. The maximum absolute atomic E-state index is 5.76. The van der Waals surface area contributed by atoms with Gasteiger partial charge in [0.05, 0.1) is 0 Å². The Morgan fingerprint density at radius 1 is 1.30 bits per heavy atom. The van der Waals surface area contributed by atoms with Gasteiger partial charge < -0.3 is 5.73 Å². The Kier molecular flexibility index (Phi) is 6.50.